The van der Waals surface area contributed by atoms with Crippen LogP contribution < -0.4 is 16.8 Å². The number of nitrogens with two attached hydrogens (primary N) is 2. The Morgan fingerprint density at radius 3 is 2.69 bits per heavy atom. The number of hydrogen-bond acceptors (Lipinski definition) is 6. The zero-order chi connectivity index (χ0) is 25.1. The number of hydrogen-bond donors (Lipinski definition) is 5. The van der Waals surface area contributed by atoms with E-state index in [4.69, 9.17) is 26.5 Å². The first-order valence-corrected chi connectivity index (χ1v) is 14.0. The molecule has 0 spiro atoms. The zero-order valence-electron chi connectivity index (χ0n) is 21.9. The second-order valence-corrected chi connectivity index (χ2v) is 12.2. The van der Waals surface area contributed by atoms with Crippen molar-refractivity contribution in [3.8, 4) is 0 Å². The van der Waals surface area contributed by atoms with E-state index < -0.39 is 5.60 Å². The number of guanidine groups is 1. The summed E-state index contributed by atoms with van der Waals surface area (Å²) in [5, 5.41) is 26.5. The van der Waals surface area contributed by atoms with Gasteiger partial charge in [0.25, 0.3) is 0 Å². The third kappa shape index (κ3) is 5.08. The van der Waals surface area contributed by atoms with Crippen molar-refractivity contribution >= 4 is 12.2 Å². The summed E-state index contributed by atoms with van der Waals surface area (Å²) in [6.45, 7) is 7.42. The van der Waals surface area contributed by atoms with E-state index in [1.54, 1.807) is 0 Å². The first-order chi connectivity index (χ1) is 16.7. The molecule has 8 atom stereocenters. The molecule has 4 rings (SSSR count). The van der Waals surface area contributed by atoms with Crippen LogP contribution in [0.25, 0.3) is 0 Å². The summed E-state index contributed by atoms with van der Waals surface area (Å²) >= 11 is 0. The monoisotopic (exact) mass is 491 g/mol. The molecule has 35 heavy (non-hydrogen) atoms. The van der Waals surface area contributed by atoms with E-state index in [1.165, 1.54) is 25.7 Å². The number of aliphatic hydroxyl groups is 1. The molecular formula is C27H49N5O3. The third-order valence-corrected chi connectivity index (χ3v) is 10.6. The summed E-state index contributed by atoms with van der Waals surface area (Å²) in [7, 11) is 0. The largest absolute Gasteiger partial charge is 0.396 e. The van der Waals surface area contributed by atoms with E-state index in [2.05, 4.69) is 24.3 Å². The molecule has 4 saturated carbocycles. The number of fused-ring (bicyclic) bond motifs is 5. The van der Waals surface area contributed by atoms with Gasteiger partial charge >= 0.3 is 0 Å². The van der Waals surface area contributed by atoms with Crippen molar-refractivity contribution in [3.63, 3.8) is 0 Å². The second kappa shape index (κ2) is 10.9. The highest BCUT2D eigenvalue weighted by Crippen LogP contribution is 2.68. The van der Waals surface area contributed by atoms with Crippen LogP contribution in [0.1, 0.15) is 84.5 Å². The number of rotatable bonds is 10. The predicted octanol–water partition coefficient (Wildman–Crippen LogP) is 3.37. The highest BCUT2D eigenvalue weighted by molar-refractivity contribution is 5.74. The molecule has 4 fully saturated rings. The van der Waals surface area contributed by atoms with E-state index in [9.17, 15) is 5.11 Å². The number of ether oxygens (including phenoxy) is 1. The van der Waals surface area contributed by atoms with Crippen molar-refractivity contribution in [3.05, 3.63) is 0 Å². The number of oxime groups is 1. The minimum atomic E-state index is -0.611. The fraction of sp³-hybridized carbons (Fsp3) is 0.926. The van der Waals surface area contributed by atoms with E-state index in [0.717, 1.165) is 51.6 Å². The van der Waals surface area contributed by atoms with Gasteiger partial charge in [-0.25, -0.2) is 0 Å². The Balaban J connectivity index is 1.36. The molecule has 3 unspecified atom stereocenters. The summed E-state index contributed by atoms with van der Waals surface area (Å²) in [6.07, 6.45) is 14.0. The average molecular weight is 492 g/mol. The Hall–Kier alpha value is -1.38. The first-order valence-electron chi connectivity index (χ1n) is 14.0. The quantitative estimate of drug-likeness (QED) is 0.137. The lowest BCUT2D eigenvalue weighted by Crippen LogP contribution is -2.62. The summed E-state index contributed by atoms with van der Waals surface area (Å²) in [4.78, 5) is 5.49. The standard InChI is InChI=1S/C27H49N5O3/c1-25-10-8-21(34-15-3-13-28)17-19(25)5-6-23-22(25)9-11-26(2)20(7-12-27(23,26)33)18-32-35-16-4-14-31-24(29)30/h18-23,33H,3-17,28H2,1-2H3,(H4,29,30,31)/b32-18+/t19?,20?,21?,22-,23-,25+,26-,27-/m1/s1. The first kappa shape index (κ1) is 26.7. The minimum absolute atomic E-state index is 0.0194. The van der Waals surface area contributed by atoms with Gasteiger partial charge in [0.05, 0.1) is 11.7 Å². The van der Waals surface area contributed by atoms with Gasteiger partial charge in [-0.05, 0) is 93.9 Å². The Morgan fingerprint density at radius 1 is 1.09 bits per heavy atom. The molecule has 0 amide bonds. The van der Waals surface area contributed by atoms with Crippen molar-refractivity contribution < 1.29 is 14.7 Å². The van der Waals surface area contributed by atoms with Gasteiger partial charge in [0.15, 0.2) is 5.96 Å². The molecule has 0 aromatic rings. The van der Waals surface area contributed by atoms with Crippen molar-refractivity contribution in [1.82, 2.24) is 5.32 Å². The van der Waals surface area contributed by atoms with Crippen molar-refractivity contribution in [2.45, 2.75) is 96.2 Å². The molecule has 0 aromatic carbocycles. The van der Waals surface area contributed by atoms with E-state index in [0.29, 0.717) is 49.0 Å². The van der Waals surface area contributed by atoms with E-state index >= 15 is 0 Å². The van der Waals surface area contributed by atoms with Crippen LogP contribution in [-0.4, -0.2) is 55.3 Å². The average Bonchev–Trinajstić information content (AvgIpc) is 3.09. The van der Waals surface area contributed by atoms with Gasteiger partial charge in [0.2, 0.25) is 0 Å². The van der Waals surface area contributed by atoms with Gasteiger partial charge in [-0.1, -0.05) is 19.0 Å². The van der Waals surface area contributed by atoms with Crippen LogP contribution in [0.15, 0.2) is 5.16 Å². The molecular weight excluding hydrogens is 442 g/mol. The van der Waals surface area contributed by atoms with Crippen LogP contribution in [0.4, 0.5) is 0 Å². The third-order valence-electron chi connectivity index (χ3n) is 10.6. The summed E-state index contributed by atoms with van der Waals surface area (Å²) in [5.74, 6) is 1.92. The normalized spacial score (nSPS) is 42.8. The summed E-state index contributed by atoms with van der Waals surface area (Å²) < 4.78 is 6.18. The maximum atomic E-state index is 12.3. The molecule has 0 aromatic heterocycles. The topological polar surface area (TPSA) is 139 Å². The molecule has 0 saturated heterocycles. The van der Waals surface area contributed by atoms with Gasteiger partial charge in [0.1, 0.15) is 6.61 Å². The van der Waals surface area contributed by atoms with Crippen LogP contribution in [0.5, 0.6) is 0 Å². The van der Waals surface area contributed by atoms with Gasteiger partial charge in [-0.2, -0.15) is 0 Å². The molecule has 0 aliphatic heterocycles. The highest BCUT2D eigenvalue weighted by Gasteiger charge is 2.67. The van der Waals surface area contributed by atoms with Gasteiger partial charge < -0.3 is 31.5 Å². The molecule has 8 nitrogen and oxygen atoms in total. The Labute approximate surface area is 211 Å². The molecule has 0 radical (unpaired) electrons. The predicted molar refractivity (Wildman–Crippen MR) is 139 cm³/mol. The maximum absolute atomic E-state index is 12.3. The molecule has 7 N–H and O–H groups in total. The highest BCUT2D eigenvalue weighted by atomic mass is 16.6. The van der Waals surface area contributed by atoms with E-state index in [-0.39, 0.29) is 17.3 Å². The molecule has 0 heterocycles. The molecule has 4 aliphatic carbocycles. The summed E-state index contributed by atoms with van der Waals surface area (Å²) in [6, 6.07) is 0. The Bertz CT molecular complexity index is 765. The zero-order valence-corrected chi connectivity index (χ0v) is 21.9. The van der Waals surface area contributed by atoms with Crippen LogP contribution >= 0.6 is 0 Å². The van der Waals surface area contributed by atoms with Crippen LogP contribution in [0, 0.1) is 39.9 Å². The van der Waals surface area contributed by atoms with Gasteiger partial charge in [0, 0.05) is 37.1 Å². The van der Waals surface area contributed by atoms with Crippen LogP contribution in [0.2, 0.25) is 0 Å². The molecule has 4 aliphatic rings. The molecule has 200 valence electrons. The fourth-order valence-electron chi connectivity index (χ4n) is 8.48. The maximum Gasteiger partial charge on any atom is 0.185 e. The van der Waals surface area contributed by atoms with Crippen LogP contribution in [0.3, 0.4) is 0 Å². The van der Waals surface area contributed by atoms with E-state index in [1.807, 2.05) is 6.21 Å². The minimum Gasteiger partial charge on any atom is -0.396 e. The summed E-state index contributed by atoms with van der Waals surface area (Å²) in [5.41, 5.74) is 10.5. The lowest BCUT2D eigenvalue weighted by Gasteiger charge is -2.63. The Kier molecular flexibility index (Phi) is 8.33. The van der Waals surface area contributed by atoms with Crippen molar-refractivity contribution in [1.29, 1.82) is 5.41 Å². The number of nitrogens with zero attached hydrogens (tertiary/aromatic N) is 1. The van der Waals surface area contributed by atoms with Crippen molar-refractivity contribution in [2.24, 2.45) is 51.1 Å². The number of nitrogens with one attached hydrogen (secondary N) is 2. The molecule has 8 heteroatoms. The second-order valence-electron chi connectivity index (χ2n) is 12.2. The van der Waals surface area contributed by atoms with Gasteiger partial charge in [-0.15, -0.1) is 0 Å². The smallest absolute Gasteiger partial charge is 0.185 e. The van der Waals surface area contributed by atoms with Gasteiger partial charge in [-0.3, -0.25) is 5.41 Å². The lowest BCUT2D eigenvalue weighted by atomic mass is 9.43. The SMILES string of the molecule is C[C@]12CCC(OCCCN)CC1CC[C@@H]1[C@H]2CC[C@]2(C)C(/C=N/OCCCNC(=N)N)CC[C@@]12O. The molecule has 0 bridgehead atoms. The Morgan fingerprint density at radius 2 is 1.91 bits per heavy atom. The fourth-order valence-corrected chi connectivity index (χ4v) is 8.48. The lowest BCUT2D eigenvalue weighted by molar-refractivity contribution is -0.207. The van der Waals surface area contributed by atoms with Crippen LogP contribution in [-0.2, 0) is 9.57 Å². The van der Waals surface area contributed by atoms with Crippen molar-refractivity contribution in [2.75, 3.05) is 26.3 Å².